The van der Waals surface area contributed by atoms with Crippen LogP contribution in [0.3, 0.4) is 0 Å². The van der Waals surface area contributed by atoms with E-state index in [-0.39, 0.29) is 12.6 Å². The number of methoxy groups -OCH3 is 1. The van der Waals surface area contributed by atoms with Gasteiger partial charge in [0.15, 0.2) is 0 Å². The lowest BCUT2D eigenvalue weighted by Crippen LogP contribution is -2.56. The lowest BCUT2D eigenvalue weighted by Gasteiger charge is -2.34. The second-order valence-corrected chi connectivity index (χ2v) is 7.36. The zero-order valence-electron chi connectivity index (χ0n) is 15.8. The predicted molar refractivity (Wildman–Crippen MR) is 101 cm³/mol. The van der Waals surface area contributed by atoms with Gasteiger partial charge in [-0.05, 0) is 30.7 Å². The van der Waals surface area contributed by atoms with Gasteiger partial charge in [-0.1, -0.05) is 0 Å². The van der Waals surface area contributed by atoms with Gasteiger partial charge in [-0.15, -0.1) is 0 Å². The smallest absolute Gasteiger partial charge is 0.396 e. The molecule has 2 bridgehead atoms. The molecule has 30 heavy (non-hydrogen) atoms. The zero-order chi connectivity index (χ0) is 21.2. The minimum Gasteiger partial charge on any atom is -0.462 e. The second-order valence-electron chi connectivity index (χ2n) is 7.36. The number of pyridine rings is 1. The minimum absolute atomic E-state index is 0.178. The monoisotopic (exact) mass is 405 g/mol. The fourth-order valence-corrected chi connectivity index (χ4v) is 4.76. The summed E-state index contributed by atoms with van der Waals surface area (Å²) in [4.78, 5) is 58.7. The maximum Gasteiger partial charge on any atom is 0.396 e. The van der Waals surface area contributed by atoms with Gasteiger partial charge in [-0.3, -0.25) is 14.6 Å². The maximum atomic E-state index is 13.3. The Balaban J connectivity index is 1.55. The number of esters is 1. The van der Waals surface area contributed by atoms with Crippen LogP contribution in [-0.4, -0.2) is 70.4 Å². The highest BCUT2D eigenvalue weighted by Gasteiger charge is 2.63. The molecular formula is C20H15N5O5. The van der Waals surface area contributed by atoms with Gasteiger partial charge < -0.3 is 14.5 Å². The average Bonchev–Trinajstić information content (AvgIpc) is 3.43. The van der Waals surface area contributed by atoms with Crippen molar-refractivity contribution in [3.63, 3.8) is 0 Å². The highest BCUT2D eigenvalue weighted by atomic mass is 16.5. The highest BCUT2D eigenvalue weighted by Crippen LogP contribution is 2.43. The molecule has 3 atom stereocenters. The van der Waals surface area contributed by atoms with Crippen molar-refractivity contribution in [2.45, 2.75) is 24.5 Å². The van der Waals surface area contributed by atoms with Gasteiger partial charge in [0.2, 0.25) is 0 Å². The van der Waals surface area contributed by atoms with Gasteiger partial charge in [-0.25, -0.2) is 14.5 Å². The number of ether oxygens (including phenoxy) is 1. The molecule has 1 aromatic carbocycles. The van der Waals surface area contributed by atoms with Crippen molar-refractivity contribution >= 4 is 40.4 Å². The number of fused-ring (bicyclic) bond motifs is 6. The SMILES string of the molecule is COC(=O)C(=O)N1CC2CC1C1C(=O)N(c3ccc(C#N)c4ncccc34)C(=O)N21. The first kappa shape index (κ1) is 18.1. The van der Waals surface area contributed by atoms with Crippen LogP contribution in [0.2, 0.25) is 0 Å². The number of urea groups is 1. The number of carbonyl (C=O) groups is 4. The minimum atomic E-state index is -0.994. The third kappa shape index (κ3) is 2.20. The first-order valence-corrected chi connectivity index (χ1v) is 9.31. The van der Waals surface area contributed by atoms with Gasteiger partial charge in [0.1, 0.15) is 12.1 Å². The summed E-state index contributed by atoms with van der Waals surface area (Å²) >= 11 is 0. The van der Waals surface area contributed by atoms with Crippen LogP contribution in [0.1, 0.15) is 12.0 Å². The van der Waals surface area contributed by atoms with Crippen LogP contribution in [0.25, 0.3) is 10.9 Å². The van der Waals surface area contributed by atoms with Crippen LogP contribution in [-0.2, 0) is 19.1 Å². The Bertz CT molecular complexity index is 1190. The van der Waals surface area contributed by atoms with Crippen molar-refractivity contribution in [2.75, 3.05) is 18.6 Å². The van der Waals surface area contributed by atoms with Crippen molar-refractivity contribution in [2.24, 2.45) is 0 Å². The number of nitriles is 1. The Kier molecular flexibility index (Phi) is 3.76. The van der Waals surface area contributed by atoms with Gasteiger partial charge in [0.05, 0.1) is 36.0 Å². The maximum absolute atomic E-state index is 13.3. The number of imide groups is 1. The van der Waals surface area contributed by atoms with E-state index in [2.05, 4.69) is 15.8 Å². The summed E-state index contributed by atoms with van der Waals surface area (Å²) in [5.41, 5.74) is 1.08. The number of piperazine rings is 1. The molecule has 3 fully saturated rings. The molecule has 1 aromatic heterocycles. The molecule has 0 saturated carbocycles. The van der Waals surface area contributed by atoms with Crippen LogP contribution >= 0.6 is 0 Å². The number of rotatable bonds is 1. The van der Waals surface area contributed by atoms with Crippen molar-refractivity contribution in [3.05, 3.63) is 36.0 Å². The van der Waals surface area contributed by atoms with E-state index in [1.165, 1.54) is 22.1 Å². The lowest BCUT2D eigenvalue weighted by molar-refractivity contribution is -0.160. The van der Waals surface area contributed by atoms with Gasteiger partial charge in [0, 0.05) is 18.1 Å². The number of hydrogen-bond acceptors (Lipinski definition) is 7. The Morgan fingerprint density at radius 1 is 1.27 bits per heavy atom. The van der Waals surface area contributed by atoms with Crippen LogP contribution < -0.4 is 4.90 Å². The third-order valence-electron chi connectivity index (χ3n) is 5.99. The van der Waals surface area contributed by atoms with Crippen LogP contribution in [0.4, 0.5) is 10.5 Å². The Hall–Kier alpha value is -4.00. The van der Waals surface area contributed by atoms with E-state index in [9.17, 15) is 24.4 Å². The molecule has 150 valence electrons. The van der Waals surface area contributed by atoms with E-state index in [1.807, 2.05) is 0 Å². The first-order chi connectivity index (χ1) is 14.5. The number of hydrogen-bond donors (Lipinski definition) is 0. The second kappa shape index (κ2) is 6.25. The van der Waals surface area contributed by atoms with Gasteiger partial charge in [-0.2, -0.15) is 5.26 Å². The molecule has 0 spiro atoms. The molecule has 4 amide bonds. The molecule has 2 aromatic rings. The average molecular weight is 405 g/mol. The number of benzene rings is 1. The Labute approximate surface area is 170 Å². The topological polar surface area (TPSA) is 124 Å². The summed E-state index contributed by atoms with van der Waals surface area (Å²) in [6.45, 7) is 0.178. The number of carbonyl (C=O) groups excluding carboxylic acids is 4. The van der Waals surface area contributed by atoms with Crippen molar-refractivity contribution in [1.29, 1.82) is 5.26 Å². The largest absolute Gasteiger partial charge is 0.462 e. The standard InChI is InChI=1S/C20H15N5O5/c1-30-19(28)18(27)23-9-11-7-14(23)16-17(26)25(20(29)24(11)16)13-5-4-10(8-21)15-12(13)3-2-6-22-15/h2-6,11,14,16H,7,9H2,1H3. The highest BCUT2D eigenvalue weighted by molar-refractivity contribution is 6.33. The third-order valence-corrected chi connectivity index (χ3v) is 5.99. The van der Waals surface area contributed by atoms with E-state index in [0.29, 0.717) is 28.6 Å². The van der Waals surface area contributed by atoms with E-state index >= 15 is 0 Å². The summed E-state index contributed by atoms with van der Waals surface area (Å²) in [5.74, 6) is -2.27. The molecule has 0 radical (unpaired) electrons. The van der Waals surface area contributed by atoms with E-state index in [4.69, 9.17) is 0 Å². The van der Waals surface area contributed by atoms with E-state index in [1.54, 1.807) is 18.2 Å². The number of amides is 4. The van der Waals surface area contributed by atoms with Crippen molar-refractivity contribution < 1.29 is 23.9 Å². The Morgan fingerprint density at radius 3 is 2.80 bits per heavy atom. The molecule has 0 N–H and O–H groups in total. The fraction of sp³-hybridized carbons (Fsp3) is 0.300. The van der Waals surface area contributed by atoms with E-state index < -0.39 is 35.9 Å². The van der Waals surface area contributed by atoms with Crippen LogP contribution in [0.5, 0.6) is 0 Å². The summed E-state index contributed by atoms with van der Waals surface area (Å²) in [7, 11) is 1.12. The number of nitrogens with zero attached hydrogens (tertiary/aromatic N) is 5. The molecule has 3 aliphatic heterocycles. The Morgan fingerprint density at radius 2 is 2.07 bits per heavy atom. The molecule has 5 rings (SSSR count). The van der Waals surface area contributed by atoms with Crippen LogP contribution in [0, 0.1) is 11.3 Å². The lowest BCUT2D eigenvalue weighted by atomic mass is 10.1. The van der Waals surface area contributed by atoms with Crippen molar-refractivity contribution in [1.82, 2.24) is 14.8 Å². The normalized spacial score (nSPS) is 24.4. The summed E-state index contributed by atoms with van der Waals surface area (Å²) in [5, 5.41) is 9.84. The molecule has 3 aliphatic rings. The first-order valence-electron chi connectivity index (χ1n) is 9.31. The molecule has 0 aliphatic carbocycles. The number of likely N-dealkylation sites (tertiary alicyclic amines) is 1. The molecule has 3 saturated heterocycles. The van der Waals surface area contributed by atoms with E-state index in [0.717, 1.165) is 12.0 Å². The quantitative estimate of drug-likeness (QED) is 0.382. The molecular weight excluding hydrogens is 390 g/mol. The molecule has 4 heterocycles. The molecule has 3 unspecified atom stereocenters. The van der Waals surface area contributed by atoms with Crippen LogP contribution in [0.15, 0.2) is 30.5 Å². The summed E-state index contributed by atoms with van der Waals surface area (Å²) < 4.78 is 4.51. The van der Waals surface area contributed by atoms with Crippen molar-refractivity contribution in [3.8, 4) is 6.07 Å². The molecule has 10 heteroatoms. The zero-order valence-corrected chi connectivity index (χ0v) is 15.8. The predicted octanol–water partition coefficient (Wildman–Crippen LogP) is 0.400. The fourth-order valence-electron chi connectivity index (χ4n) is 4.76. The number of anilines is 1. The summed E-state index contributed by atoms with van der Waals surface area (Å²) in [6.07, 6.45) is 1.98. The van der Waals surface area contributed by atoms with Gasteiger partial charge >= 0.3 is 17.9 Å². The molecule has 10 nitrogen and oxygen atoms in total. The van der Waals surface area contributed by atoms with Gasteiger partial charge in [0.25, 0.3) is 5.91 Å². The summed E-state index contributed by atoms with van der Waals surface area (Å²) in [6, 6.07) is 6.25. The number of aromatic nitrogens is 1.